The van der Waals surface area contributed by atoms with Crippen molar-refractivity contribution in [3.05, 3.63) is 23.8 Å². The summed E-state index contributed by atoms with van der Waals surface area (Å²) in [5.74, 6) is 0. The third kappa shape index (κ3) is 22.6. The second-order valence-corrected chi connectivity index (χ2v) is 3.53. The summed E-state index contributed by atoms with van der Waals surface area (Å²) in [6.07, 6.45) is 5.87. The first kappa shape index (κ1) is 16.2. The van der Waals surface area contributed by atoms with Gasteiger partial charge in [0.05, 0.1) is 6.61 Å². The summed E-state index contributed by atoms with van der Waals surface area (Å²) >= 11 is 4.76. The van der Waals surface area contributed by atoms with Crippen molar-refractivity contribution in [3.63, 3.8) is 0 Å². The maximum absolute atomic E-state index is 5.37. The van der Waals surface area contributed by atoms with Crippen molar-refractivity contribution in [1.82, 2.24) is 0 Å². The van der Waals surface area contributed by atoms with Gasteiger partial charge in [-0.2, -0.15) is 0 Å². The second-order valence-electron chi connectivity index (χ2n) is 3.22. The van der Waals surface area contributed by atoms with Crippen LogP contribution in [0.4, 0.5) is 0 Å². The molecule has 0 aromatic carbocycles. The molecule has 0 aromatic heterocycles. The highest BCUT2D eigenvalue weighted by atomic mass is 35.5. The Balaban J connectivity index is 0. The molecule has 0 spiro atoms. The smallest absolute Gasteiger partial charge is 0.0649 e. The summed E-state index contributed by atoms with van der Waals surface area (Å²) < 4.78 is 5.37. The third-order valence-corrected chi connectivity index (χ3v) is 1.50. The molecule has 2 heteroatoms. The quantitative estimate of drug-likeness (QED) is 0.470. The van der Waals surface area contributed by atoms with E-state index >= 15 is 0 Å². The van der Waals surface area contributed by atoms with Crippen LogP contribution in [-0.2, 0) is 4.74 Å². The van der Waals surface area contributed by atoms with Crippen molar-refractivity contribution in [1.29, 1.82) is 0 Å². The Morgan fingerprint density at radius 1 is 1.36 bits per heavy atom. The molecule has 84 valence electrons. The molecule has 0 rings (SSSR count). The topological polar surface area (TPSA) is 9.23 Å². The highest BCUT2D eigenvalue weighted by Gasteiger charge is 1.85. The van der Waals surface area contributed by atoms with Gasteiger partial charge in [0.1, 0.15) is 0 Å². The van der Waals surface area contributed by atoms with Gasteiger partial charge in [0.25, 0.3) is 0 Å². The van der Waals surface area contributed by atoms with Crippen LogP contribution in [0.25, 0.3) is 0 Å². The predicted octanol–water partition coefficient (Wildman–Crippen LogP) is 4.53. The zero-order valence-corrected chi connectivity index (χ0v) is 10.4. The van der Waals surface area contributed by atoms with Gasteiger partial charge >= 0.3 is 0 Å². The maximum Gasteiger partial charge on any atom is 0.0649 e. The number of hydrogen-bond donors (Lipinski definition) is 0. The molecule has 0 bridgehead atoms. The van der Waals surface area contributed by atoms with Gasteiger partial charge in [0.15, 0.2) is 0 Å². The van der Waals surface area contributed by atoms with Crippen LogP contribution in [-0.4, -0.2) is 13.2 Å². The van der Waals surface area contributed by atoms with E-state index in [2.05, 4.69) is 33.4 Å². The first-order valence-corrected chi connectivity index (χ1v) is 5.54. The molecular formula is C12H23ClO. The Kier molecular flexibility index (Phi) is 17.6. The molecule has 0 heterocycles. The average Bonchev–Trinajstić information content (AvgIpc) is 2.12. The summed E-state index contributed by atoms with van der Waals surface area (Å²) in [6, 6.07) is 0. The van der Waals surface area contributed by atoms with Gasteiger partial charge in [0.2, 0.25) is 0 Å². The van der Waals surface area contributed by atoms with Crippen LogP contribution < -0.4 is 0 Å². The zero-order valence-electron chi connectivity index (χ0n) is 9.68. The lowest BCUT2D eigenvalue weighted by molar-refractivity contribution is 0.157. The van der Waals surface area contributed by atoms with Crippen LogP contribution in [0, 0.1) is 0 Å². The zero-order chi connectivity index (χ0) is 11.2. The molecule has 0 unspecified atom stereocenters. The lowest BCUT2D eigenvalue weighted by Gasteiger charge is -1.99. The van der Waals surface area contributed by atoms with E-state index in [0.717, 1.165) is 13.2 Å². The number of hydrogen-bond acceptors (Lipinski definition) is 1. The van der Waals surface area contributed by atoms with Crippen LogP contribution >= 0.6 is 11.6 Å². The second kappa shape index (κ2) is 15.2. The van der Waals surface area contributed by atoms with Crippen molar-refractivity contribution >= 4 is 11.6 Å². The SMILES string of the molecule is C=CCl.CCCCCOCC=C(C)C. The fraction of sp³-hybridized carbons (Fsp3) is 0.667. The predicted molar refractivity (Wildman–Crippen MR) is 65.8 cm³/mol. The Bertz CT molecular complexity index is 137. The van der Waals surface area contributed by atoms with Gasteiger partial charge in [-0.1, -0.05) is 49.6 Å². The monoisotopic (exact) mass is 218 g/mol. The lowest BCUT2D eigenvalue weighted by Crippen LogP contribution is -1.94. The summed E-state index contributed by atoms with van der Waals surface area (Å²) in [7, 11) is 0. The lowest BCUT2D eigenvalue weighted by atomic mass is 10.3. The highest BCUT2D eigenvalue weighted by molar-refractivity contribution is 6.25. The number of unbranched alkanes of at least 4 members (excludes halogenated alkanes) is 2. The van der Waals surface area contributed by atoms with Crippen LogP contribution in [0.3, 0.4) is 0 Å². The van der Waals surface area contributed by atoms with Gasteiger partial charge in [-0.05, 0) is 25.8 Å². The van der Waals surface area contributed by atoms with Gasteiger partial charge in [-0.25, -0.2) is 0 Å². The van der Waals surface area contributed by atoms with Crippen molar-refractivity contribution in [3.8, 4) is 0 Å². The summed E-state index contributed by atoms with van der Waals surface area (Å²) in [5, 5.41) is 0. The number of halogens is 1. The van der Waals surface area contributed by atoms with Crippen LogP contribution in [0.15, 0.2) is 23.8 Å². The Morgan fingerprint density at radius 3 is 2.36 bits per heavy atom. The fourth-order valence-electron chi connectivity index (χ4n) is 0.763. The molecule has 0 saturated carbocycles. The van der Waals surface area contributed by atoms with E-state index in [-0.39, 0.29) is 0 Å². The van der Waals surface area contributed by atoms with Crippen molar-refractivity contribution in [2.75, 3.05) is 13.2 Å². The number of rotatable bonds is 6. The van der Waals surface area contributed by atoms with Gasteiger partial charge in [-0.3, -0.25) is 0 Å². The normalized spacial score (nSPS) is 8.57. The van der Waals surface area contributed by atoms with E-state index in [9.17, 15) is 0 Å². The molecule has 0 atom stereocenters. The minimum atomic E-state index is 0.784. The van der Waals surface area contributed by atoms with Gasteiger partial charge in [-0.15, -0.1) is 0 Å². The molecule has 0 radical (unpaired) electrons. The summed E-state index contributed by atoms with van der Waals surface area (Å²) in [4.78, 5) is 0. The van der Waals surface area contributed by atoms with E-state index in [1.165, 1.54) is 30.4 Å². The van der Waals surface area contributed by atoms with E-state index in [0.29, 0.717) is 0 Å². The Hall–Kier alpha value is -0.270. The molecule has 0 saturated heterocycles. The first-order chi connectivity index (χ1) is 6.68. The molecule has 0 aliphatic carbocycles. The molecule has 0 aromatic rings. The number of allylic oxidation sites excluding steroid dienone is 1. The molecule has 14 heavy (non-hydrogen) atoms. The Morgan fingerprint density at radius 2 is 1.93 bits per heavy atom. The summed E-state index contributed by atoms with van der Waals surface area (Å²) in [6.45, 7) is 11.2. The largest absolute Gasteiger partial charge is 0.377 e. The van der Waals surface area contributed by atoms with Crippen LogP contribution in [0.5, 0.6) is 0 Å². The van der Waals surface area contributed by atoms with Crippen molar-refractivity contribution in [2.45, 2.75) is 40.0 Å². The van der Waals surface area contributed by atoms with E-state index in [1.807, 2.05) is 0 Å². The molecule has 0 amide bonds. The molecule has 0 aliphatic rings. The van der Waals surface area contributed by atoms with Gasteiger partial charge < -0.3 is 4.74 Å². The van der Waals surface area contributed by atoms with E-state index in [1.54, 1.807) is 0 Å². The van der Waals surface area contributed by atoms with Crippen LogP contribution in [0.1, 0.15) is 40.0 Å². The minimum absolute atomic E-state index is 0.784. The Labute approximate surface area is 93.8 Å². The first-order valence-electron chi connectivity index (χ1n) is 5.11. The van der Waals surface area contributed by atoms with E-state index < -0.39 is 0 Å². The minimum Gasteiger partial charge on any atom is -0.377 e. The molecule has 0 fully saturated rings. The maximum atomic E-state index is 5.37. The third-order valence-electron chi connectivity index (χ3n) is 1.50. The molecule has 0 aliphatic heterocycles. The van der Waals surface area contributed by atoms with Crippen molar-refractivity contribution < 1.29 is 4.74 Å². The standard InChI is InChI=1S/C10H20O.C2H3Cl/c1-4-5-6-8-11-9-7-10(2)3;1-2-3/h7H,4-6,8-9H2,1-3H3;2H,1H2. The summed E-state index contributed by atoms with van der Waals surface area (Å²) in [5.41, 5.74) is 2.56. The molecule has 0 N–H and O–H groups in total. The molecular weight excluding hydrogens is 196 g/mol. The molecule has 1 nitrogen and oxygen atoms in total. The highest BCUT2D eigenvalue weighted by Crippen LogP contribution is 1.95. The average molecular weight is 219 g/mol. The van der Waals surface area contributed by atoms with Crippen LogP contribution in [0.2, 0.25) is 0 Å². The fourth-order valence-corrected chi connectivity index (χ4v) is 0.763. The van der Waals surface area contributed by atoms with Gasteiger partial charge in [0, 0.05) is 6.61 Å². The van der Waals surface area contributed by atoms with Crippen molar-refractivity contribution in [2.24, 2.45) is 0 Å². The van der Waals surface area contributed by atoms with E-state index in [4.69, 9.17) is 16.3 Å². The number of ether oxygens (including phenoxy) is 1.